The zero-order valence-corrected chi connectivity index (χ0v) is 13.9. The molecule has 0 spiro atoms. The van der Waals surface area contributed by atoms with Gasteiger partial charge in [0.05, 0.1) is 6.61 Å². The molecule has 2 rings (SSSR count). The van der Waals surface area contributed by atoms with E-state index in [2.05, 4.69) is 26.1 Å². The minimum atomic E-state index is -0.0222. The van der Waals surface area contributed by atoms with Crippen LogP contribution in [-0.4, -0.2) is 19.1 Å². The van der Waals surface area contributed by atoms with E-state index in [-0.39, 0.29) is 5.91 Å². The van der Waals surface area contributed by atoms with Crippen LogP contribution in [0.3, 0.4) is 0 Å². The van der Waals surface area contributed by atoms with Crippen LogP contribution in [0, 0.1) is 11.3 Å². The Morgan fingerprint density at radius 2 is 2.05 bits per heavy atom. The predicted molar refractivity (Wildman–Crippen MR) is 90.8 cm³/mol. The van der Waals surface area contributed by atoms with Gasteiger partial charge < -0.3 is 10.1 Å². The number of unbranched alkanes of at least 4 members (excludes halogenated alkanes) is 1. The minimum absolute atomic E-state index is 0.0222. The largest absolute Gasteiger partial charge is 0.494 e. The molecule has 3 nitrogen and oxygen atoms in total. The van der Waals surface area contributed by atoms with Gasteiger partial charge in [-0.05, 0) is 47.9 Å². The van der Waals surface area contributed by atoms with Crippen molar-refractivity contribution in [1.29, 1.82) is 0 Å². The molecule has 1 aromatic rings. The number of nitrogens with one attached hydrogen (secondary N) is 1. The molecule has 0 heterocycles. The van der Waals surface area contributed by atoms with Crippen LogP contribution < -0.4 is 10.1 Å². The van der Waals surface area contributed by atoms with Crippen molar-refractivity contribution in [2.24, 2.45) is 11.3 Å². The van der Waals surface area contributed by atoms with E-state index >= 15 is 0 Å². The van der Waals surface area contributed by atoms with E-state index in [1.165, 1.54) is 6.42 Å². The molecular weight excluding hydrogens is 274 g/mol. The van der Waals surface area contributed by atoms with Crippen LogP contribution in [-0.2, 0) is 4.79 Å². The minimum Gasteiger partial charge on any atom is -0.494 e. The standard InChI is InChI=1S/C19H27NO2/c1-4-5-12-22-17-9-6-15(7-10-17)8-11-18(21)20-14-16-13-19(16,2)3/h6-11,16H,4-5,12-14H2,1-3H3,(H,20,21)/b11-8+. The second kappa shape index (κ2) is 7.48. The van der Waals surface area contributed by atoms with Crippen molar-refractivity contribution in [2.45, 2.75) is 40.0 Å². The zero-order valence-electron chi connectivity index (χ0n) is 13.9. The molecule has 22 heavy (non-hydrogen) atoms. The molecule has 1 amide bonds. The summed E-state index contributed by atoms with van der Waals surface area (Å²) in [4.78, 5) is 11.8. The van der Waals surface area contributed by atoms with Crippen molar-refractivity contribution in [3.8, 4) is 5.75 Å². The lowest BCUT2D eigenvalue weighted by Crippen LogP contribution is -2.24. The molecule has 1 unspecified atom stereocenters. The van der Waals surface area contributed by atoms with Gasteiger partial charge in [-0.15, -0.1) is 0 Å². The highest BCUT2D eigenvalue weighted by Gasteiger charge is 2.45. The number of hydrogen-bond acceptors (Lipinski definition) is 2. The first-order chi connectivity index (χ1) is 10.5. The highest BCUT2D eigenvalue weighted by molar-refractivity contribution is 5.91. The van der Waals surface area contributed by atoms with Crippen LogP contribution in [0.4, 0.5) is 0 Å². The maximum absolute atomic E-state index is 11.8. The van der Waals surface area contributed by atoms with Gasteiger partial charge >= 0.3 is 0 Å². The van der Waals surface area contributed by atoms with Crippen LogP contribution in [0.2, 0.25) is 0 Å². The van der Waals surface area contributed by atoms with Crippen LogP contribution in [0.15, 0.2) is 30.3 Å². The molecule has 1 aromatic carbocycles. The number of carbonyl (C=O) groups excluding carboxylic acids is 1. The Bertz CT molecular complexity index is 517. The molecule has 1 atom stereocenters. The number of hydrogen-bond donors (Lipinski definition) is 1. The van der Waals surface area contributed by atoms with Crippen molar-refractivity contribution in [3.63, 3.8) is 0 Å². The summed E-state index contributed by atoms with van der Waals surface area (Å²) in [6.45, 7) is 8.16. The van der Waals surface area contributed by atoms with Gasteiger partial charge in [0.15, 0.2) is 0 Å². The molecule has 0 radical (unpaired) electrons. The first-order valence-electron chi connectivity index (χ1n) is 8.20. The molecule has 0 aromatic heterocycles. The summed E-state index contributed by atoms with van der Waals surface area (Å²) >= 11 is 0. The van der Waals surface area contributed by atoms with Gasteiger partial charge in [-0.2, -0.15) is 0 Å². The molecule has 3 heteroatoms. The molecule has 1 aliphatic carbocycles. The van der Waals surface area contributed by atoms with Crippen molar-refractivity contribution in [1.82, 2.24) is 5.32 Å². The van der Waals surface area contributed by atoms with E-state index in [1.54, 1.807) is 6.08 Å². The van der Waals surface area contributed by atoms with Gasteiger partial charge in [0.2, 0.25) is 5.91 Å². The summed E-state index contributed by atoms with van der Waals surface area (Å²) in [5.74, 6) is 1.49. The smallest absolute Gasteiger partial charge is 0.244 e. The van der Waals surface area contributed by atoms with Gasteiger partial charge in [-0.25, -0.2) is 0 Å². The summed E-state index contributed by atoms with van der Waals surface area (Å²) in [5, 5.41) is 2.97. The number of benzene rings is 1. The van der Waals surface area contributed by atoms with Gasteiger partial charge in [-0.3, -0.25) is 4.79 Å². The van der Waals surface area contributed by atoms with Gasteiger partial charge in [-0.1, -0.05) is 39.3 Å². The average Bonchev–Trinajstić information content (AvgIpc) is 3.12. The van der Waals surface area contributed by atoms with Crippen molar-refractivity contribution >= 4 is 12.0 Å². The first kappa shape index (κ1) is 16.6. The lowest BCUT2D eigenvalue weighted by molar-refractivity contribution is -0.116. The van der Waals surface area contributed by atoms with E-state index in [9.17, 15) is 4.79 Å². The van der Waals surface area contributed by atoms with E-state index < -0.39 is 0 Å². The Hall–Kier alpha value is -1.77. The Balaban J connectivity index is 1.73. The number of ether oxygens (including phenoxy) is 1. The van der Waals surface area contributed by atoms with E-state index in [4.69, 9.17) is 4.74 Å². The van der Waals surface area contributed by atoms with E-state index in [0.717, 1.165) is 37.3 Å². The Morgan fingerprint density at radius 1 is 1.36 bits per heavy atom. The molecule has 0 bridgehead atoms. The van der Waals surface area contributed by atoms with E-state index in [1.807, 2.05) is 30.3 Å². The Morgan fingerprint density at radius 3 is 2.64 bits per heavy atom. The number of amides is 1. The maximum atomic E-state index is 11.8. The van der Waals surface area contributed by atoms with Crippen molar-refractivity contribution in [2.75, 3.05) is 13.2 Å². The molecule has 1 fully saturated rings. The van der Waals surface area contributed by atoms with Crippen molar-refractivity contribution < 1.29 is 9.53 Å². The van der Waals surface area contributed by atoms with Crippen LogP contribution in [0.1, 0.15) is 45.6 Å². The third-order valence-corrected chi connectivity index (χ3v) is 4.31. The topological polar surface area (TPSA) is 38.3 Å². The summed E-state index contributed by atoms with van der Waals surface area (Å²) in [6, 6.07) is 7.82. The van der Waals surface area contributed by atoms with Crippen molar-refractivity contribution in [3.05, 3.63) is 35.9 Å². The quantitative estimate of drug-likeness (QED) is 0.581. The lowest BCUT2D eigenvalue weighted by Gasteiger charge is -2.05. The molecule has 0 saturated heterocycles. The van der Waals surface area contributed by atoms with Crippen LogP contribution >= 0.6 is 0 Å². The van der Waals surface area contributed by atoms with Crippen LogP contribution in [0.5, 0.6) is 5.75 Å². The van der Waals surface area contributed by atoms with Crippen LogP contribution in [0.25, 0.3) is 6.08 Å². The summed E-state index contributed by atoms with van der Waals surface area (Å²) in [7, 11) is 0. The summed E-state index contributed by atoms with van der Waals surface area (Å²) < 4.78 is 5.61. The Labute approximate surface area is 133 Å². The highest BCUT2D eigenvalue weighted by atomic mass is 16.5. The molecule has 1 saturated carbocycles. The zero-order chi connectivity index (χ0) is 16.0. The first-order valence-corrected chi connectivity index (χ1v) is 8.20. The fourth-order valence-electron chi connectivity index (χ4n) is 2.39. The number of carbonyl (C=O) groups is 1. The normalized spacial score (nSPS) is 19.1. The SMILES string of the molecule is CCCCOc1ccc(/C=C/C(=O)NCC2CC2(C)C)cc1. The molecule has 120 valence electrons. The van der Waals surface area contributed by atoms with Gasteiger partial charge in [0, 0.05) is 12.6 Å². The summed E-state index contributed by atoms with van der Waals surface area (Å²) in [5.41, 5.74) is 1.41. The average molecular weight is 301 g/mol. The number of rotatable bonds is 8. The third kappa shape index (κ3) is 5.21. The molecular formula is C19H27NO2. The third-order valence-electron chi connectivity index (χ3n) is 4.31. The van der Waals surface area contributed by atoms with Gasteiger partial charge in [0.25, 0.3) is 0 Å². The lowest BCUT2D eigenvalue weighted by atomic mass is 10.1. The molecule has 1 N–H and O–H groups in total. The fourth-order valence-corrected chi connectivity index (χ4v) is 2.39. The van der Waals surface area contributed by atoms with Gasteiger partial charge in [0.1, 0.15) is 5.75 Å². The monoisotopic (exact) mass is 301 g/mol. The summed E-state index contributed by atoms with van der Waals surface area (Å²) in [6.07, 6.45) is 6.84. The van der Waals surface area contributed by atoms with E-state index in [0.29, 0.717) is 11.3 Å². The highest BCUT2D eigenvalue weighted by Crippen LogP contribution is 2.50. The fraction of sp³-hybridized carbons (Fsp3) is 0.526. The maximum Gasteiger partial charge on any atom is 0.244 e. The second-order valence-corrected chi connectivity index (χ2v) is 6.74. The second-order valence-electron chi connectivity index (χ2n) is 6.74. The molecule has 0 aliphatic heterocycles. The predicted octanol–water partition coefficient (Wildman–Crippen LogP) is 4.04. The Kier molecular flexibility index (Phi) is 5.64. The molecule has 1 aliphatic rings.